The molecule has 16 heavy (non-hydrogen) atoms. The van der Waals surface area contributed by atoms with Crippen LogP contribution in [-0.2, 0) is 0 Å². The normalized spacial score (nSPS) is 33.0. The molecule has 0 spiro atoms. The second kappa shape index (κ2) is 4.63. The number of nitrogens with zero attached hydrogens (tertiary/aromatic N) is 2. The molecular weight excluding hydrogens is 198 g/mol. The van der Waals surface area contributed by atoms with E-state index in [1.54, 1.807) is 0 Å². The molecule has 2 fully saturated rings. The van der Waals surface area contributed by atoms with Crippen LogP contribution >= 0.6 is 0 Å². The maximum Gasteiger partial charge on any atom is 0.0224 e. The van der Waals surface area contributed by atoms with Gasteiger partial charge in [0.1, 0.15) is 0 Å². The third-order valence-corrected chi connectivity index (χ3v) is 4.11. The number of hydrogen-bond donors (Lipinski definition) is 1. The SMILES string of the molecule is CC1CN2CCCC2CN1CCC(C)(C)N. The molecule has 2 atom stereocenters. The van der Waals surface area contributed by atoms with Gasteiger partial charge in [-0.05, 0) is 46.6 Å². The van der Waals surface area contributed by atoms with Gasteiger partial charge in [-0.1, -0.05) is 0 Å². The molecule has 2 unspecified atom stereocenters. The lowest BCUT2D eigenvalue weighted by atomic mass is 10.0. The zero-order valence-corrected chi connectivity index (χ0v) is 11.1. The van der Waals surface area contributed by atoms with E-state index in [1.807, 2.05) is 0 Å². The van der Waals surface area contributed by atoms with Gasteiger partial charge >= 0.3 is 0 Å². The predicted molar refractivity (Wildman–Crippen MR) is 68.5 cm³/mol. The third kappa shape index (κ3) is 2.96. The van der Waals surface area contributed by atoms with Crippen molar-refractivity contribution in [3.05, 3.63) is 0 Å². The summed E-state index contributed by atoms with van der Waals surface area (Å²) < 4.78 is 0. The molecule has 2 N–H and O–H groups in total. The van der Waals surface area contributed by atoms with Gasteiger partial charge < -0.3 is 5.73 Å². The van der Waals surface area contributed by atoms with Crippen LogP contribution in [0.1, 0.15) is 40.0 Å². The molecule has 0 aromatic carbocycles. The Morgan fingerprint density at radius 2 is 2.06 bits per heavy atom. The van der Waals surface area contributed by atoms with E-state index < -0.39 is 0 Å². The van der Waals surface area contributed by atoms with Crippen molar-refractivity contribution in [1.29, 1.82) is 0 Å². The molecule has 0 saturated carbocycles. The minimum absolute atomic E-state index is 0.0213. The molecule has 0 aromatic heterocycles. The van der Waals surface area contributed by atoms with Gasteiger partial charge in [0.15, 0.2) is 0 Å². The van der Waals surface area contributed by atoms with Crippen molar-refractivity contribution in [3.63, 3.8) is 0 Å². The summed E-state index contributed by atoms with van der Waals surface area (Å²) in [6, 6.07) is 1.54. The third-order valence-electron chi connectivity index (χ3n) is 4.11. The molecule has 2 saturated heterocycles. The summed E-state index contributed by atoms with van der Waals surface area (Å²) in [5, 5.41) is 0. The summed E-state index contributed by atoms with van der Waals surface area (Å²) in [7, 11) is 0. The first-order chi connectivity index (χ1) is 7.46. The number of piperazine rings is 1. The zero-order valence-electron chi connectivity index (χ0n) is 11.1. The van der Waals surface area contributed by atoms with Crippen molar-refractivity contribution in [2.24, 2.45) is 5.73 Å². The Morgan fingerprint density at radius 1 is 1.31 bits per heavy atom. The predicted octanol–water partition coefficient (Wildman–Crippen LogP) is 1.28. The molecule has 3 heteroatoms. The molecule has 2 rings (SSSR count). The van der Waals surface area contributed by atoms with Gasteiger partial charge in [-0.25, -0.2) is 0 Å². The first kappa shape index (κ1) is 12.3. The van der Waals surface area contributed by atoms with Crippen molar-refractivity contribution < 1.29 is 0 Å². The second-order valence-electron chi connectivity index (χ2n) is 6.37. The summed E-state index contributed by atoms with van der Waals surface area (Å²) in [5.41, 5.74) is 6.05. The average molecular weight is 225 g/mol. The van der Waals surface area contributed by atoms with Crippen molar-refractivity contribution in [1.82, 2.24) is 9.80 Å². The molecule has 94 valence electrons. The number of rotatable bonds is 3. The van der Waals surface area contributed by atoms with E-state index in [9.17, 15) is 0 Å². The van der Waals surface area contributed by atoms with E-state index in [-0.39, 0.29) is 5.54 Å². The van der Waals surface area contributed by atoms with Gasteiger partial charge in [-0.15, -0.1) is 0 Å². The molecule has 0 amide bonds. The molecule has 0 aromatic rings. The Labute approximate surface area is 100.0 Å². The summed E-state index contributed by atoms with van der Waals surface area (Å²) in [6.45, 7) is 11.6. The number of hydrogen-bond acceptors (Lipinski definition) is 3. The van der Waals surface area contributed by atoms with E-state index >= 15 is 0 Å². The van der Waals surface area contributed by atoms with Crippen LogP contribution < -0.4 is 5.73 Å². The van der Waals surface area contributed by atoms with Gasteiger partial charge in [0, 0.05) is 37.3 Å². The van der Waals surface area contributed by atoms with E-state index in [0.717, 1.165) is 19.0 Å². The number of nitrogens with two attached hydrogens (primary N) is 1. The van der Waals surface area contributed by atoms with Crippen LogP contribution in [0.3, 0.4) is 0 Å². The maximum atomic E-state index is 6.07. The van der Waals surface area contributed by atoms with Gasteiger partial charge in [-0.2, -0.15) is 0 Å². The van der Waals surface area contributed by atoms with Gasteiger partial charge in [0.25, 0.3) is 0 Å². The lowest BCUT2D eigenvalue weighted by molar-refractivity contribution is 0.0552. The summed E-state index contributed by atoms with van der Waals surface area (Å²) in [6.07, 6.45) is 3.90. The topological polar surface area (TPSA) is 32.5 Å². The molecule has 2 aliphatic rings. The van der Waals surface area contributed by atoms with Crippen LogP contribution in [0.4, 0.5) is 0 Å². The molecular formula is C13H27N3. The fourth-order valence-corrected chi connectivity index (χ4v) is 2.99. The van der Waals surface area contributed by atoms with Crippen LogP contribution in [0.2, 0.25) is 0 Å². The largest absolute Gasteiger partial charge is 0.326 e. The van der Waals surface area contributed by atoms with Gasteiger partial charge in [0.2, 0.25) is 0 Å². The highest BCUT2D eigenvalue weighted by Crippen LogP contribution is 2.24. The standard InChI is InChI=1S/C13H27N3/c1-11-9-16-7-4-5-12(16)10-15(11)8-6-13(2,3)14/h11-12H,4-10,14H2,1-3H3. The Balaban J connectivity index is 1.85. The first-order valence-corrected chi connectivity index (χ1v) is 6.73. The summed E-state index contributed by atoms with van der Waals surface area (Å²) >= 11 is 0. The smallest absolute Gasteiger partial charge is 0.0224 e. The minimum Gasteiger partial charge on any atom is -0.326 e. The Kier molecular flexibility index (Phi) is 3.57. The van der Waals surface area contributed by atoms with Crippen molar-refractivity contribution in [2.75, 3.05) is 26.2 Å². The maximum absolute atomic E-state index is 6.07. The molecule has 2 aliphatic heterocycles. The van der Waals surface area contributed by atoms with E-state index in [0.29, 0.717) is 6.04 Å². The average Bonchev–Trinajstić information content (AvgIpc) is 2.59. The number of fused-ring (bicyclic) bond motifs is 1. The lowest BCUT2D eigenvalue weighted by Gasteiger charge is -2.43. The monoisotopic (exact) mass is 225 g/mol. The van der Waals surface area contributed by atoms with Crippen LogP contribution in [0.25, 0.3) is 0 Å². The summed E-state index contributed by atoms with van der Waals surface area (Å²) in [4.78, 5) is 5.32. The molecule has 3 nitrogen and oxygen atoms in total. The first-order valence-electron chi connectivity index (χ1n) is 6.73. The van der Waals surface area contributed by atoms with E-state index in [2.05, 4.69) is 30.6 Å². The van der Waals surface area contributed by atoms with Crippen LogP contribution in [0.15, 0.2) is 0 Å². The van der Waals surface area contributed by atoms with Crippen LogP contribution in [-0.4, -0.2) is 53.6 Å². The van der Waals surface area contributed by atoms with Crippen molar-refractivity contribution >= 4 is 0 Å². The van der Waals surface area contributed by atoms with Gasteiger partial charge in [0.05, 0.1) is 0 Å². The van der Waals surface area contributed by atoms with Crippen molar-refractivity contribution in [3.8, 4) is 0 Å². The highest BCUT2D eigenvalue weighted by Gasteiger charge is 2.34. The Hall–Kier alpha value is -0.120. The van der Waals surface area contributed by atoms with E-state index in [4.69, 9.17) is 5.73 Å². The van der Waals surface area contributed by atoms with Gasteiger partial charge in [-0.3, -0.25) is 9.80 Å². The molecule has 0 bridgehead atoms. The Bertz CT molecular complexity index is 234. The molecule has 0 radical (unpaired) electrons. The quantitative estimate of drug-likeness (QED) is 0.785. The zero-order chi connectivity index (χ0) is 11.8. The fraction of sp³-hybridized carbons (Fsp3) is 1.00. The van der Waals surface area contributed by atoms with Crippen molar-refractivity contribution in [2.45, 2.75) is 57.7 Å². The fourth-order valence-electron chi connectivity index (χ4n) is 2.99. The molecule has 2 heterocycles. The lowest BCUT2D eigenvalue weighted by Crippen LogP contribution is -2.55. The highest BCUT2D eigenvalue weighted by molar-refractivity contribution is 4.91. The minimum atomic E-state index is -0.0213. The highest BCUT2D eigenvalue weighted by atomic mass is 15.3. The summed E-state index contributed by atoms with van der Waals surface area (Å²) in [5.74, 6) is 0. The van der Waals surface area contributed by atoms with E-state index in [1.165, 1.54) is 32.5 Å². The second-order valence-corrected chi connectivity index (χ2v) is 6.37. The molecule has 0 aliphatic carbocycles. The van der Waals surface area contributed by atoms with Crippen LogP contribution in [0, 0.1) is 0 Å². The Morgan fingerprint density at radius 3 is 2.75 bits per heavy atom. The van der Waals surface area contributed by atoms with Crippen LogP contribution in [0.5, 0.6) is 0 Å².